The van der Waals surface area contributed by atoms with E-state index in [2.05, 4.69) is 53.2 Å². The van der Waals surface area contributed by atoms with E-state index in [1.165, 1.54) is 11.1 Å². The molecule has 110 valence electrons. The van der Waals surface area contributed by atoms with Gasteiger partial charge in [-0.3, -0.25) is 9.88 Å². The zero-order valence-electron chi connectivity index (χ0n) is 12.5. The van der Waals surface area contributed by atoms with Crippen LogP contribution in [0.5, 0.6) is 0 Å². The SMILES string of the molecule is Cc1ccc(C2(O)CCN(Cc3ccncc3)CC2)cc1. The highest BCUT2D eigenvalue weighted by molar-refractivity contribution is 5.27. The van der Waals surface area contributed by atoms with E-state index in [4.69, 9.17) is 0 Å². The van der Waals surface area contributed by atoms with Crippen molar-refractivity contribution in [2.24, 2.45) is 0 Å². The summed E-state index contributed by atoms with van der Waals surface area (Å²) in [4.78, 5) is 6.45. The molecular formula is C18H22N2O. The highest BCUT2D eigenvalue weighted by atomic mass is 16.3. The van der Waals surface area contributed by atoms with E-state index in [1.54, 1.807) is 0 Å². The third-order valence-corrected chi connectivity index (χ3v) is 4.43. The number of aromatic nitrogens is 1. The Morgan fingerprint density at radius 3 is 2.29 bits per heavy atom. The van der Waals surface area contributed by atoms with Crippen LogP contribution in [0, 0.1) is 6.92 Å². The molecule has 0 bridgehead atoms. The lowest BCUT2D eigenvalue weighted by Gasteiger charge is -2.38. The monoisotopic (exact) mass is 282 g/mol. The average Bonchev–Trinajstić information content (AvgIpc) is 2.51. The van der Waals surface area contributed by atoms with E-state index in [0.29, 0.717) is 0 Å². The van der Waals surface area contributed by atoms with E-state index in [0.717, 1.165) is 38.0 Å². The first kappa shape index (κ1) is 14.2. The van der Waals surface area contributed by atoms with Crippen molar-refractivity contribution in [2.45, 2.75) is 31.9 Å². The van der Waals surface area contributed by atoms with Crippen LogP contribution in [0.15, 0.2) is 48.8 Å². The van der Waals surface area contributed by atoms with Gasteiger partial charge >= 0.3 is 0 Å². The maximum atomic E-state index is 10.9. The number of rotatable bonds is 3. The van der Waals surface area contributed by atoms with Gasteiger partial charge in [0.05, 0.1) is 5.60 Å². The largest absolute Gasteiger partial charge is 0.385 e. The van der Waals surface area contributed by atoms with Crippen LogP contribution < -0.4 is 0 Å². The third kappa shape index (κ3) is 3.31. The van der Waals surface area contributed by atoms with Crippen molar-refractivity contribution in [1.82, 2.24) is 9.88 Å². The molecule has 0 amide bonds. The summed E-state index contributed by atoms with van der Waals surface area (Å²) in [6, 6.07) is 12.4. The standard InChI is InChI=1S/C18H22N2O/c1-15-2-4-17(5-3-15)18(21)8-12-20(13-9-18)14-16-6-10-19-11-7-16/h2-7,10-11,21H,8-9,12-14H2,1H3. The zero-order chi connectivity index (χ0) is 14.7. The fourth-order valence-corrected chi connectivity index (χ4v) is 2.98. The van der Waals surface area contributed by atoms with Crippen molar-refractivity contribution in [3.63, 3.8) is 0 Å². The van der Waals surface area contributed by atoms with Gasteiger partial charge in [0.1, 0.15) is 0 Å². The van der Waals surface area contributed by atoms with Gasteiger partial charge in [0, 0.05) is 32.0 Å². The number of piperidine rings is 1. The number of aryl methyl sites for hydroxylation is 1. The quantitative estimate of drug-likeness (QED) is 0.940. The molecule has 21 heavy (non-hydrogen) atoms. The zero-order valence-corrected chi connectivity index (χ0v) is 12.5. The number of aliphatic hydroxyl groups is 1. The summed E-state index contributed by atoms with van der Waals surface area (Å²) in [6.07, 6.45) is 5.26. The number of hydrogen-bond acceptors (Lipinski definition) is 3. The van der Waals surface area contributed by atoms with Crippen LogP contribution in [-0.2, 0) is 12.1 Å². The van der Waals surface area contributed by atoms with Crippen LogP contribution in [-0.4, -0.2) is 28.1 Å². The number of benzene rings is 1. The Bertz CT molecular complexity index is 572. The molecular weight excluding hydrogens is 260 g/mol. The predicted molar refractivity (Wildman–Crippen MR) is 83.8 cm³/mol. The molecule has 3 rings (SSSR count). The molecule has 1 aromatic heterocycles. The predicted octanol–water partition coefficient (Wildman–Crippen LogP) is 2.87. The fraction of sp³-hybridized carbons (Fsp3) is 0.389. The van der Waals surface area contributed by atoms with E-state index in [-0.39, 0.29) is 0 Å². The molecule has 1 N–H and O–H groups in total. The Labute approximate surface area is 126 Å². The second-order valence-corrected chi connectivity index (χ2v) is 6.03. The topological polar surface area (TPSA) is 36.4 Å². The van der Waals surface area contributed by atoms with Gasteiger partial charge in [-0.2, -0.15) is 0 Å². The summed E-state index contributed by atoms with van der Waals surface area (Å²) < 4.78 is 0. The first-order valence-electron chi connectivity index (χ1n) is 7.56. The van der Waals surface area contributed by atoms with Gasteiger partial charge in [0.2, 0.25) is 0 Å². The van der Waals surface area contributed by atoms with Crippen molar-refractivity contribution < 1.29 is 5.11 Å². The van der Waals surface area contributed by atoms with Crippen LogP contribution in [0.3, 0.4) is 0 Å². The molecule has 3 nitrogen and oxygen atoms in total. The number of likely N-dealkylation sites (tertiary alicyclic amines) is 1. The molecule has 1 aromatic carbocycles. The molecule has 1 aliphatic rings. The number of nitrogens with zero attached hydrogens (tertiary/aromatic N) is 2. The maximum absolute atomic E-state index is 10.9. The summed E-state index contributed by atoms with van der Waals surface area (Å²) in [5.74, 6) is 0. The molecule has 0 atom stereocenters. The summed E-state index contributed by atoms with van der Waals surface area (Å²) in [6.45, 7) is 4.86. The number of pyridine rings is 1. The highest BCUT2D eigenvalue weighted by Gasteiger charge is 2.33. The minimum atomic E-state index is -0.664. The van der Waals surface area contributed by atoms with Crippen molar-refractivity contribution in [2.75, 3.05) is 13.1 Å². The molecule has 1 saturated heterocycles. The first-order valence-corrected chi connectivity index (χ1v) is 7.56. The molecule has 0 radical (unpaired) electrons. The van der Waals surface area contributed by atoms with Gasteiger partial charge < -0.3 is 5.11 Å². The maximum Gasteiger partial charge on any atom is 0.0920 e. The molecule has 2 aromatic rings. The van der Waals surface area contributed by atoms with Crippen LogP contribution in [0.2, 0.25) is 0 Å². The van der Waals surface area contributed by atoms with Crippen molar-refractivity contribution in [3.05, 3.63) is 65.5 Å². The van der Waals surface area contributed by atoms with Crippen molar-refractivity contribution in [3.8, 4) is 0 Å². The second-order valence-electron chi connectivity index (χ2n) is 6.03. The molecule has 0 saturated carbocycles. The van der Waals surface area contributed by atoms with E-state index in [9.17, 15) is 5.11 Å². The molecule has 1 aliphatic heterocycles. The molecule has 0 unspecified atom stereocenters. The van der Waals surface area contributed by atoms with E-state index >= 15 is 0 Å². The van der Waals surface area contributed by atoms with Crippen LogP contribution in [0.4, 0.5) is 0 Å². The summed E-state index contributed by atoms with van der Waals surface area (Å²) in [5.41, 5.74) is 2.91. The Hall–Kier alpha value is -1.71. The lowest BCUT2D eigenvalue weighted by atomic mass is 9.84. The third-order valence-electron chi connectivity index (χ3n) is 4.43. The lowest BCUT2D eigenvalue weighted by Crippen LogP contribution is -2.42. The lowest BCUT2D eigenvalue weighted by molar-refractivity contribution is -0.0277. The van der Waals surface area contributed by atoms with Gasteiger partial charge in [0.15, 0.2) is 0 Å². The van der Waals surface area contributed by atoms with E-state index < -0.39 is 5.60 Å². The Morgan fingerprint density at radius 2 is 1.67 bits per heavy atom. The molecule has 2 heterocycles. The summed E-state index contributed by atoms with van der Waals surface area (Å²) in [5, 5.41) is 10.9. The highest BCUT2D eigenvalue weighted by Crippen LogP contribution is 2.33. The summed E-state index contributed by atoms with van der Waals surface area (Å²) >= 11 is 0. The van der Waals surface area contributed by atoms with Crippen LogP contribution in [0.1, 0.15) is 29.5 Å². The average molecular weight is 282 g/mol. The van der Waals surface area contributed by atoms with Gasteiger partial charge in [-0.1, -0.05) is 29.8 Å². The molecule has 0 spiro atoms. The van der Waals surface area contributed by atoms with Crippen molar-refractivity contribution in [1.29, 1.82) is 0 Å². The Morgan fingerprint density at radius 1 is 1.05 bits per heavy atom. The number of hydrogen-bond donors (Lipinski definition) is 1. The Balaban J connectivity index is 1.63. The van der Waals surface area contributed by atoms with Gasteiger partial charge in [-0.05, 0) is 43.0 Å². The fourth-order valence-electron chi connectivity index (χ4n) is 2.98. The van der Waals surface area contributed by atoms with E-state index in [1.807, 2.05) is 12.4 Å². The molecule has 3 heteroatoms. The molecule has 1 fully saturated rings. The van der Waals surface area contributed by atoms with Gasteiger partial charge in [-0.15, -0.1) is 0 Å². The van der Waals surface area contributed by atoms with Crippen LogP contribution in [0.25, 0.3) is 0 Å². The second kappa shape index (κ2) is 5.96. The minimum absolute atomic E-state index is 0.664. The normalized spacial score (nSPS) is 18.6. The Kier molecular flexibility index (Phi) is 4.04. The smallest absolute Gasteiger partial charge is 0.0920 e. The molecule has 0 aliphatic carbocycles. The van der Waals surface area contributed by atoms with Crippen molar-refractivity contribution >= 4 is 0 Å². The first-order chi connectivity index (χ1) is 10.2. The van der Waals surface area contributed by atoms with Gasteiger partial charge in [0.25, 0.3) is 0 Å². The van der Waals surface area contributed by atoms with Gasteiger partial charge in [-0.25, -0.2) is 0 Å². The minimum Gasteiger partial charge on any atom is -0.385 e. The summed E-state index contributed by atoms with van der Waals surface area (Å²) in [7, 11) is 0. The van der Waals surface area contributed by atoms with Crippen LogP contribution >= 0.6 is 0 Å².